The van der Waals surface area contributed by atoms with Crippen LogP contribution in [0.5, 0.6) is 0 Å². The topological polar surface area (TPSA) is 41.0 Å². The molecule has 1 aliphatic rings. The minimum absolute atomic E-state index is 0.510. The molecule has 114 valence electrons. The molecule has 1 N–H and O–H groups in total. The quantitative estimate of drug-likeness (QED) is 0.920. The van der Waals surface area contributed by atoms with Crippen molar-refractivity contribution in [1.29, 1.82) is 0 Å². The SMILES string of the molecule is C(=Cc1ccccc1)CNC1CCCN(c2cccnn2)C1. The minimum Gasteiger partial charge on any atom is -0.354 e. The molecule has 1 unspecified atom stereocenters. The highest BCUT2D eigenvalue weighted by Gasteiger charge is 2.19. The third kappa shape index (κ3) is 4.15. The molecule has 1 atom stereocenters. The largest absolute Gasteiger partial charge is 0.354 e. The summed E-state index contributed by atoms with van der Waals surface area (Å²) in [7, 11) is 0. The van der Waals surface area contributed by atoms with E-state index < -0.39 is 0 Å². The highest BCUT2D eigenvalue weighted by atomic mass is 15.3. The van der Waals surface area contributed by atoms with Crippen molar-refractivity contribution >= 4 is 11.9 Å². The smallest absolute Gasteiger partial charge is 0.151 e. The van der Waals surface area contributed by atoms with Gasteiger partial charge in [-0.15, -0.1) is 5.10 Å². The van der Waals surface area contributed by atoms with E-state index >= 15 is 0 Å². The molecular weight excluding hydrogens is 272 g/mol. The summed E-state index contributed by atoms with van der Waals surface area (Å²) in [5.41, 5.74) is 1.24. The van der Waals surface area contributed by atoms with Crippen LogP contribution in [0.1, 0.15) is 18.4 Å². The first kappa shape index (κ1) is 14.7. The van der Waals surface area contributed by atoms with Gasteiger partial charge in [0.1, 0.15) is 0 Å². The van der Waals surface area contributed by atoms with Gasteiger partial charge in [-0.1, -0.05) is 42.5 Å². The number of nitrogens with one attached hydrogen (secondary N) is 1. The van der Waals surface area contributed by atoms with Crippen molar-refractivity contribution < 1.29 is 0 Å². The van der Waals surface area contributed by atoms with E-state index in [-0.39, 0.29) is 0 Å². The fourth-order valence-corrected chi connectivity index (χ4v) is 2.81. The Morgan fingerprint density at radius 2 is 2.09 bits per heavy atom. The number of anilines is 1. The van der Waals surface area contributed by atoms with E-state index in [1.807, 2.05) is 18.2 Å². The minimum atomic E-state index is 0.510. The number of hydrogen-bond acceptors (Lipinski definition) is 4. The molecule has 2 heterocycles. The Morgan fingerprint density at radius 3 is 2.91 bits per heavy atom. The van der Waals surface area contributed by atoms with E-state index in [0.29, 0.717) is 6.04 Å². The molecule has 1 fully saturated rings. The van der Waals surface area contributed by atoms with E-state index in [0.717, 1.165) is 25.5 Å². The summed E-state index contributed by atoms with van der Waals surface area (Å²) in [6.07, 6.45) is 8.48. The maximum absolute atomic E-state index is 4.21. The zero-order valence-corrected chi connectivity index (χ0v) is 12.7. The molecule has 3 rings (SSSR count). The molecule has 0 saturated carbocycles. The number of hydrogen-bond donors (Lipinski definition) is 1. The average molecular weight is 294 g/mol. The van der Waals surface area contributed by atoms with Gasteiger partial charge in [0, 0.05) is 31.9 Å². The second-order valence-corrected chi connectivity index (χ2v) is 5.59. The first-order valence-corrected chi connectivity index (χ1v) is 7.89. The third-order valence-electron chi connectivity index (χ3n) is 3.94. The van der Waals surface area contributed by atoms with Crippen LogP contribution in [0.25, 0.3) is 6.08 Å². The van der Waals surface area contributed by atoms with Crippen LogP contribution < -0.4 is 10.2 Å². The molecule has 1 aromatic carbocycles. The Hall–Kier alpha value is -2.20. The highest BCUT2D eigenvalue weighted by molar-refractivity contribution is 5.48. The first-order chi connectivity index (χ1) is 10.9. The molecular formula is C18H22N4. The Bertz CT molecular complexity index is 583. The standard InChI is InChI=1S/C18H22N4/c1-2-7-16(8-3-1)9-4-12-19-17-10-6-14-22(15-17)18-11-5-13-20-21-18/h1-5,7-9,11,13,17,19H,6,10,12,14-15H2. The van der Waals surface area contributed by atoms with Crippen LogP contribution in [0.4, 0.5) is 5.82 Å². The summed E-state index contributed by atoms with van der Waals surface area (Å²) in [4.78, 5) is 2.31. The molecule has 22 heavy (non-hydrogen) atoms. The second kappa shape index (κ2) is 7.71. The summed E-state index contributed by atoms with van der Waals surface area (Å²) < 4.78 is 0. The van der Waals surface area contributed by atoms with E-state index in [9.17, 15) is 0 Å². The second-order valence-electron chi connectivity index (χ2n) is 5.59. The fourth-order valence-electron chi connectivity index (χ4n) is 2.81. The summed E-state index contributed by atoms with van der Waals surface area (Å²) in [5, 5.41) is 11.8. The molecule has 0 aliphatic carbocycles. The maximum atomic E-state index is 4.21. The Balaban J connectivity index is 1.48. The van der Waals surface area contributed by atoms with E-state index in [2.05, 4.69) is 56.8 Å². The van der Waals surface area contributed by atoms with Gasteiger partial charge in [-0.2, -0.15) is 5.10 Å². The lowest BCUT2D eigenvalue weighted by Crippen LogP contribution is -2.46. The molecule has 0 amide bonds. The Labute approximate surface area is 131 Å². The number of nitrogens with zero attached hydrogens (tertiary/aromatic N) is 3. The van der Waals surface area contributed by atoms with Gasteiger partial charge in [0.25, 0.3) is 0 Å². The van der Waals surface area contributed by atoms with Crippen LogP contribution >= 0.6 is 0 Å². The van der Waals surface area contributed by atoms with E-state index in [1.165, 1.54) is 18.4 Å². The van der Waals surface area contributed by atoms with E-state index in [4.69, 9.17) is 0 Å². The molecule has 0 bridgehead atoms. The van der Waals surface area contributed by atoms with Gasteiger partial charge in [-0.3, -0.25) is 0 Å². The van der Waals surface area contributed by atoms with Crippen molar-refractivity contribution in [2.45, 2.75) is 18.9 Å². The van der Waals surface area contributed by atoms with Crippen molar-refractivity contribution in [1.82, 2.24) is 15.5 Å². The number of rotatable bonds is 5. The molecule has 0 spiro atoms. The predicted molar refractivity (Wildman–Crippen MR) is 90.7 cm³/mol. The molecule has 1 saturated heterocycles. The van der Waals surface area contributed by atoms with Gasteiger partial charge in [0.2, 0.25) is 0 Å². The molecule has 0 radical (unpaired) electrons. The molecule has 2 aromatic rings. The Kier molecular flexibility index (Phi) is 5.16. The van der Waals surface area contributed by atoms with Gasteiger partial charge in [-0.25, -0.2) is 0 Å². The van der Waals surface area contributed by atoms with Crippen molar-refractivity contribution in [3.63, 3.8) is 0 Å². The fraction of sp³-hybridized carbons (Fsp3) is 0.333. The monoisotopic (exact) mass is 294 g/mol. The average Bonchev–Trinajstić information content (AvgIpc) is 2.61. The lowest BCUT2D eigenvalue weighted by Gasteiger charge is -2.33. The van der Waals surface area contributed by atoms with Crippen molar-refractivity contribution in [3.8, 4) is 0 Å². The predicted octanol–water partition coefficient (Wildman–Crippen LogP) is 2.75. The van der Waals surface area contributed by atoms with Crippen LogP contribution in [-0.2, 0) is 0 Å². The molecule has 1 aromatic heterocycles. The van der Waals surface area contributed by atoms with Crippen LogP contribution in [0.15, 0.2) is 54.7 Å². The van der Waals surface area contributed by atoms with Gasteiger partial charge in [0.05, 0.1) is 0 Å². The summed E-state index contributed by atoms with van der Waals surface area (Å²) in [5.74, 6) is 0.980. The van der Waals surface area contributed by atoms with Gasteiger partial charge in [-0.05, 0) is 30.5 Å². The van der Waals surface area contributed by atoms with E-state index in [1.54, 1.807) is 6.20 Å². The Morgan fingerprint density at radius 1 is 1.18 bits per heavy atom. The van der Waals surface area contributed by atoms with Crippen molar-refractivity contribution in [2.75, 3.05) is 24.5 Å². The van der Waals surface area contributed by atoms with Crippen LogP contribution in [0, 0.1) is 0 Å². The van der Waals surface area contributed by atoms with Crippen LogP contribution in [-0.4, -0.2) is 35.9 Å². The summed E-state index contributed by atoms with van der Waals surface area (Å²) in [6.45, 7) is 2.96. The third-order valence-corrected chi connectivity index (χ3v) is 3.94. The zero-order valence-electron chi connectivity index (χ0n) is 12.7. The highest BCUT2D eigenvalue weighted by Crippen LogP contribution is 2.16. The molecule has 4 heteroatoms. The van der Waals surface area contributed by atoms with Crippen LogP contribution in [0.3, 0.4) is 0 Å². The van der Waals surface area contributed by atoms with Gasteiger partial charge >= 0.3 is 0 Å². The zero-order chi connectivity index (χ0) is 15.0. The number of piperidine rings is 1. The van der Waals surface area contributed by atoms with Crippen molar-refractivity contribution in [3.05, 3.63) is 60.3 Å². The summed E-state index contributed by atoms with van der Waals surface area (Å²) >= 11 is 0. The lowest BCUT2D eigenvalue weighted by atomic mass is 10.1. The summed E-state index contributed by atoms with van der Waals surface area (Å²) in [6, 6.07) is 14.9. The first-order valence-electron chi connectivity index (χ1n) is 7.89. The number of aromatic nitrogens is 2. The normalized spacial score (nSPS) is 18.7. The van der Waals surface area contributed by atoms with Crippen molar-refractivity contribution in [2.24, 2.45) is 0 Å². The molecule has 1 aliphatic heterocycles. The van der Waals surface area contributed by atoms with Crippen LogP contribution in [0.2, 0.25) is 0 Å². The molecule has 4 nitrogen and oxygen atoms in total. The maximum Gasteiger partial charge on any atom is 0.151 e. The van der Waals surface area contributed by atoms with Gasteiger partial charge < -0.3 is 10.2 Å². The van der Waals surface area contributed by atoms with Gasteiger partial charge in [0.15, 0.2) is 5.82 Å². The lowest BCUT2D eigenvalue weighted by molar-refractivity contribution is 0.435. The number of benzene rings is 1.